The molecule has 0 aliphatic carbocycles. The molecule has 0 fully saturated rings. The number of rotatable bonds is 1. The molecule has 0 atom stereocenters. The van der Waals surface area contributed by atoms with Gasteiger partial charge < -0.3 is 0 Å². The number of nitroso groups, excluding NO2 is 1. The molecule has 2 aromatic carbocycles. The van der Waals surface area contributed by atoms with E-state index >= 15 is 0 Å². The van der Waals surface area contributed by atoms with Gasteiger partial charge >= 0.3 is 0 Å². The largest absolute Gasteiger partial charge is 0.196 e. The predicted octanol–water partition coefficient (Wildman–Crippen LogP) is 3.98. The molecule has 1 aromatic heterocycles. The summed E-state index contributed by atoms with van der Waals surface area (Å²) in [5.41, 5.74) is 1.58. The summed E-state index contributed by atoms with van der Waals surface area (Å²) in [6.45, 7) is 0. The lowest BCUT2D eigenvalue weighted by Gasteiger charge is -1.93. The summed E-state index contributed by atoms with van der Waals surface area (Å²) in [5.74, 6) is 0. The van der Waals surface area contributed by atoms with Gasteiger partial charge in [-0.1, -0.05) is 29.8 Å². The maximum Gasteiger partial charge on any atom is 0.0765 e. The van der Waals surface area contributed by atoms with Crippen molar-refractivity contribution in [1.82, 2.24) is 4.68 Å². The van der Waals surface area contributed by atoms with Crippen LogP contribution in [-0.2, 0) is 0 Å². The van der Waals surface area contributed by atoms with Gasteiger partial charge in [0.15, 0.2) is 0 Å². The van der Waals surface area contributed by atoms with Crippen LogP contribution in [0.1, 0.15) is 0 Å². The monoisotopic (exact) mass is 230 g/mol. The molecular formula is C12H7ClN2O. The van der Waals surface area contributed by atoms with Crippen LogP contribution in [0.25, 0.3) is 21.8 Å². The van der Waals surface area contributed by atoms with E-state index in [0.29, 0.717) is 5.02 Å². The first-order valence-electron chi connectivity index (χ1n) is 4.83. The molecule has 3 nitrogen and oxygen atoms in total. The minimum absolute atomic E-state index is 0.654. The third kappa shape index (κ3) is 1.15. The smallest absolute Gasteiger partial charge is 0.0765 e. The quantitative estimate of drug-likeness (QED) is 0.583. The molecule has 78 valence electrons. The maximum atomic E-state index is 10.9. The summed E-state index contributed by atoms with van der Waals surface area (Å²) in [4.78, 5) is 10.9. The molecular weight excluding hydrogens is 224 g/mol. The van der Waals surface area contributed by atoms with Crippen molar-refractivity contribution in [1.29, 1.82) is 0 Å². The molecule has 0 spiro atoms. The first-order chi connectivity index (χ1) is 7.81. The zero-order valence-corrected chi connectivity index (χ0v) is 8.98. The van der Waals surface area contributed by atoms with Gasteiger partial charge in [-0.25, -0.2) is 0 Å². The summed E-state index contributed by atoms with van der Waals surface area (Å²) in [5, 5.41) is 5.63. The molecule has 1 heterocycles. The van der Waals surface area contributed by atoms with E-state index in [1.807, 2.05) is 30.3 Å². The second-order valence-corrected chi connectivity index (χ2v) is 4.01. The SMILES string of the molecule is O=Nn1c2ccccc2c2cc(Cl)ccc21. The zero-order chi connectivity index (χ0) is 11.1. The van der Waals surface area contributed by atoms with Crippen molar-refractivity contribution in [2.24, 2.45) is 5.29 Å². The van der Waals surface area contributed by atoms with Crippen LogP contribution < -0.4 is 0 Å². The van der Waals surface area contributed by atoms with Gasteiger partial charge in [0, 0.05) is 15.8 Å². The fraction of sp³-hybridized carbons (Fsp3) is 0. The van der Waals surface area contributed by atoms with Crippen LogP contribution in [-0.4, -0.2) is 4.68 Å². The van der Waals surface area contributed by atoms with Crippen LogP contribution in [0.15, 0.2) is 47.8 Å². The van der Waals surface area contributed by atoms with Crippen molar-refractivity contribution in [3.8, 4) is 0 Å². The Balaban J connectivity index is 2.64. The molecule has 0 bridgehead atoms. The van der Waals surface area contributed by atoms with Gasteiger partial charge in [0.25, 0.3) is 0 Å². The molecule has 0 N–H and O–H groups in total. The van der Waals surface area contributed by atoms with Crippen LogP contribution in [0.4, 0.5) is 0 Å². The van der Waals surface area contributed by atoms with E-state index in [4.69, 9.17) is 11.6 Å². The number of benzene rings is 2. The molecule has 0 aliphatic heterocycles. The Morgan fingerprint density at radius 3 is 2.56 bits per heavy atom. The van der Waals surface area contributed by atoms with Gasteiger partial charge in [0.05, 0.1) is 16.3 Å². The number of hydrogen-bond donors (Lipinski definition) is 0. The average molecular weight is 231 g/mol. The Morgan fingerprint density at radius 2 is 1.75 bits per heavy atom. The molecule has 3 rings (SSSR count). The molecule has 0 saturated carbocycles. The first-order valence-corrected chi connectivity index (χ1v) is 5.21. The lowest BCUT2D eigenvalue weighted by atomic mass is 10.2. The highest BCUT2D eigenvalue weighted by Crippen LogP contribution is 2.30. The third-order valence-corrected chi connectivity index (χ3v) is 2.93. The number of para-hydroxylation sites is 1. The maximum absolute atomic E-state index is 10.9. The molecule has 4 heteroatoms. The summed E-state index contributed by atoms with van der Waals surface area (Å²) < 4.78 is 1.39. The molecule has 0 aliphatic rings. The topological polar surface area (TPSA) is 34.4 Å². The van der Waals surface area contributed by atoms with Crippen molar-refractivity contribution in [2.45, 2.75) is 0 Å². The fourth-order valence-electron chi connectivity index (χ4n) is 2.01. The Kier molecular flexibility index (Phi) is 1.94. The van der Waals surface area contributed by atoms with Gasteiger partial charge in [-0.2, -0.15) is 4.68 Å². The first kappa shape index (κ1) is 9.36. The van der Waals surface area contributed by atoms with Crippen molar-refractivity contribution < 1.29 is 0 Å². The third-order valence-electron chi connectivity index (χ3n) is 2.69. The van der Waals surface area contributed by atoms with E-state index < -0.39 is 0 Å². The summed E-state index contributed by atoms with van der Waals surface area (Å²) in [7, 11) is 0. The van der Waals surface area contributed by atoms with Crippen molar-refractivity contribution in [3.63, 3.8) is 0 Å². The van der Waals surface area contributed by atoms with Crippen LogP contribution in [0.5, 0.6) is 0 Å². The van der Waals surface area contributed by atoms with E-state index in [1.165, 1.54) is 4.68 Å². The summed E-state index contributed by atoms with van der Waals surface area (Å²) >= 11 is 5.95. The van der Waals surface area contributed by atoms with E-state index in [9.17, 15) is 4.91 Å². The molecule has 3 aromatic rings. The normalized spacial score (nSPS) is 11.1. The van der Waals surface area contributed by atoms with Crippen LogP contribution in [0.2, 0.25) is 5.02 Å². The summed E-state index contributed by atoms with van der Waals surface area (Å²) in [6, 6.07) is 13.0. The minimum atomic E-state index is 0.654. The number of hydrogen-bond acceptors (Lipinski definition) is 2. The van der Waals surface area contributed by atoms with E-state index in [2.05, 4.69) is 5.29 Å². The van der Waals surface area contributed by atoms with Crippen LogP contribution >= 0.6 is 11.6 Å². The lowest BCUT2D eigenvalue weighted by molar-refractivity contribution is 0.953. The lowest BCUT2D eigenvalue weighted by Crippen LogP contribution is -1.84. The Morgan fingerprint density at radius 1 is 1.00 bits per heavy atom. The van der Waals surface area contributed by atoms with E-state index in [0.717, 1.165) is 21.8 Å². The van der Waals surface area contributed by atoms with E-state index in [-0.39, 0.29) is 0 Å². The van der Waals surface area contributed by atoms with Gasteiger partial charge in [-0.3, -0.25) is 0 Å². The Bertz CT molecular complexity index is 703. The van der Waals surface area contributed by atoms with Gasteiger partial charge in [-0.15, -0.1) is 4.91 Å². The predicted molar refractivity (Wildman–Crippen MR) is 65.6 cm³/mol. The highest BCUT2D eigenvalue weighted by atomic mass is 35.5. The molecule has 0 radical (unpaired) electrons. The standard InChI is InChI=1S/C12H7ClN2O/c13-8-5-6-12-10(7-8)9-3-1-2-4-11(9)15(12)14-16/h1-7H. The van der Waals surface area contributed by atoms with Crippen LogP contribution in [0, 0.1) is 4.91 Å². The van der Waals surface area contributed by atoms with E-state index in [1.54, 1.807) is 12.1 Å². The molecule has 0 saturated heterocycles. The number of aromatic nitrogens is 1. The van der Waals surface area contributed by atoms with Crippen molar-refractivity contribution in [2.75, 3.05) is 0 Å². The van der Waals surface area contributed by atoms with Crippen molar-refractivity contribution in [3.05, 3.63) is 52.4 Å². The second-order valence-electron chi connectivity index (χ2n) is 3.57. The van der Waals surface area contributed by atoms with Gasteiger partial charge in [0.2, 0.25) is 0 Å². The second kappa shape index (κ2) is 3.32. The summed E-state index contributed by atoms with van der Waals surface area (Å²) in [6.07, 6.45) is 0. The number of nitrogens with zero attached hydrogens (tertiary/aromatic N) is 2. The molecule has 16 heavy (non-hydrogen) atoms. The van der Waals surface area contributed by atoms with Crippen LogP contribution in [0.3, 0.4) is 0 Å². The fourth-order valence-corrected chi connectivity index (χ4v) is 2.18. The van der Waals surface area contributed by atoms with Crippen molar-refractivity contribution >= 4 is 33.4 Å². The molecule has 0 amide bonds. The van der Waals surface area contributed by atoms with Gasteiger partial charge in [-0.05, 0) is 24.3 Å². The Hall–Kier alpha value is -1.87. The highest BCUT2D eigenvalue weighted by molar-refractivity contribution is 6.31. The van der Waals surface area contributed by atoms with Gasteiger partial charge in [0.1, 0.15) is 0 Å². The minimum Gasteiger partial charge on any atom is -0.196 e. The molecule has 0 unspecified atom stereocenters. The average Bonchev–Trinajstić information content (AvgIpc) is 2.62. The number of fused-ring (bicyclic) bond motifs is 3. The zero-order valence-electron chi connectivity index (χ0n) is 8.22. The number of halogens is 1. The highest BCUT2D eigenvalue weighted by Gasteiger charge is 2.10. The Labute approximate surface area is 96.2 Å².